The molecule has 0 fully saturated rings. The van der Waals surface area contributed by atoms with Crippen LogP contribution in [0.5, 0.6) is 0 Å². The van der Waals surface area contributed by atoms with Crippen molar-refractivity contribution in [1.29, 1.82) is 0 Å². The summed E-state index contributed by atoms with van der Waals surface area (Å²) in [5.41, 5.74) is 1.17. The summed E-state index contributed by atoms with van der Waals surface area (Å²) >= 11 is 0. The van der Waals surface area contributed by atoms with Crippen LogP contribution in [0.3, 0.4) is 0 Å². The maximum Gasteiger partial charge on any atom is 0.130 e. The molecule has 0 amide bonds. The van der Waals surface area contributed by atoms with Gasteiger partial charge in [-0.25, -0.2) is 0 Å². The van der Waals surface area contributed by atoms with Gasteiger partial charge in [0.05, 0.1) is 0 Å². The van der Waals surface area contributed by atoms with Gasteiger partial charge < -0.3 is 4.79 Å². The Balaban J connectivity index is 3.28. The normalized spacial score (nSPS) is 9.11. The van der Waals surface area contributed by atoms with Crippen molar-refractivity contribution in [2.24, 2.45) is 0 Å². The van der Waals surface area contributed by atoms with E-state index in [4.69, 9.17) is 0 Å². The number of carbonyl (C=O) groups is 1. The van der Waals surface area contributed by atoms with E-state index in [0.29, 0.717) is 6.42 Å². The molecule has 9 heavy (non-hydrogen) atoms. The quantitative estimate of drug-likeness (QED) is 0.528. The molecule has 0 rings (SSSR count). The lowest BCUT2D eigenvalue weighted by molar-refractivity contribution is -0.116. The Bertz CT molecular complexity index is 114. The van der Waals surface area contributed by atoms with Crippen LogP contribution in [0.4, 0.5) is 0 Å². The second-order valence-corrected chi connectivity index (χ2v) is 2.31. The van der Waals surface area contributed by atoms with Gasteiger partial charge in [-0.3, -0.25) is 0 Å². The van der Waals surface area contributed by atoms with Crippen LogP contribution in [0.25, 0.3) is 0 Å². The summed E-state index contributed by atoms with van der Waals surface area (Å²) < 4.78 is 0. The molecule has 0 aliphatic carbocycles. The fraction of sp³-hybridized carbons (Fsp3) is 0.625. The fourth-order valence-electron chi connectivity index (χ4n) is 0.530. The molecule has 1 nitrogen and oxygen atoms in total. The predicted molar refractivity (Wildman–Crippen MR) is 39.3 cm³/mol. The van der Waals surface area contributed by atoms with Crippen LogP contribution in [-0.4, -0.2) is 5.78 Å². The van der Waals surface area contributed by atoms with Gasteiger partial charge in [0.25, 0.3) is 0 Å². The van der Waals surface area contributed by atoms with Gasteiger partial charge in [0.15, 0.2) is 0 Å². The van der Waals surface area contributed by atoms with Crippen LogP contribution in [0, 0.1) is 0 Å². The monoisotopic (exact) mass is 126 g/mol. The van der Waals surface area contributed by atoms with Gasteiger partial charge in [0, 0.05) is 6.42 Å². The van der Waals surface area contributed by atoms with Crippen LogP contribution >= 0.6 is 0 Å². The van der Waals surface area contributed by atoms with E-state index in [9.17, 15) is 4.79 Å². The first-order valence-corrected chi connectivity index (χ1v) is 3.33. The molecule has 0 bridgehead atoms. The van der Waals surface area contributed by atoms with Crippen molar-refractivity contribution >= 4 is 5.78 Å². The zero-order chi connectivity index (χ0) is 7.28. The molecule has 0 unspecified atom stereocenters. The number of carbonyl (C=O) groups excluding carboxylic acids is 1. The largest absolute Gasteiger partial charge is 0.300 e. The molecule has 52 valence electrons. The Morgan fingerprint density at radius 1 is 1.44 bits per heavy atom. The summed E-state index contributed by atoms with van der Waals surface area (Å²) in [4.78, 5) is 10.4. The van der Waals surface area contributed by atoms with Crippen LogP contribution in [0.2, 0.25) is 0 Å². The van der Waals surface area contributed by atoms with E-state index in [2.05, 4.69) is 13.5 Å². The van der Waals surface area contributed by atoms with Gasteiger partial charge in [-0.1, -0.05) is 19.1 Å². The minimum absolute atomic E-state index is 0.254. The second-order valence-electron chi connectivity index (χ2n) is 2.31. The molecule has 0 aromatic heterocycles. The first-order valence-electron chi connectivity index (χ1n) is 3.33. The number of hydrogen-bond donors (Lipinski definition) is 0. The predicted octanol–water partition coefficient (Wildman–Crippen LogP) is 2.32. The highest BCUT2D eigenvalue weighted by atomic mass is 16.1. The molecule has 0 aliphatic heterocycles. The molecule has 0 saturated heterocycles. The van der Waals surface area contributed by atoms with Crippen LogP contribution in [0.1, 0.15) is 33.1 Å². The zero-order valence-electron chi connectivity index (χ0n) is 6.24. The molecule has 1 heteroatoms. The zero-order valence-corrected chi connectivity index (χ0v) is 6.24. The van der Waals surface area contributed by atoms with Crippen molar-refractivity contribution in [2.45, 2.75) is 33.1 Å². The van der Waals surface area contributed by atoms with E-state index in [1.807, 2.05) is 0 Å². The van der Waals surface area contributed by atoms with Crippen molar-refractivity contribution in [3.8, 4) is 0 Å². The van der Waals surface area contributed by atoms with E-state index in [1.165, 1.54) is 5.57 Å². The topological polar surface area (TPSA) is 17.1 Å². The average molecular weight is 126 g/mol. The van der Waals surface area contributed by atoms with Crippen molar-refractivity contribution in [2.75, 3.05) is 0 Å². The fourth-order valence-corrected chi connectivity index (χ4v) is 0.530. The van der Waals surface area contributed by atoms with Gasteiger partial charge in [0.1, 0.15) is 5.78 Å². The van der Waals surface area contributed by atoms with E-state index in [-0.39, 0.29) is 5.78 Å². The second kappa shape index (κ2) is 4.30. The Morgan fingerprint density at radius 3 is 2.33 bits per heavy atom. The molecular weight excluding hydrogens is 112 g/mol. The van der Waals surface area contributed by atoms with Gasteiger partial charge in [-0.15, -0.1) is 0 Å². The smallest absolute Gasteiger partial charge is 0.130 e. The molecule has 0 aliphatic rings. The Labute approximate surface area is 56.8 Å². The van der Waals surface area contributed by atoms with E-state index < -0.39 is 0 Å². The van der Waals surface area contributed by atoms with E-state index >= 15 is 0 Å². The summed E-state index contributed by atoms with van der Waals surface area (Å²) in [6, 6.07) is 0. The summed E-state index contributed by atoms with van der Waals surface area (Å²) in [5, 5.41) is 0. The van der Waals surface area contributed by atoms with Crippen LogP contribution < -0.4 is 0 Å². The number of hydrogen-bond acceptors (Lipinski definition) is 1. The number of Topliss-reactive ketones (excluding diaryl/α,β-unsaturated/α-hetero) is 1. The number of rotatable bonds is 4. The van der Waals surface area contributed by atoms with Crippen LogP contribution in [-0.2, 0) is 4.79 Å². The van der Waals surface area contributed by atoms with Gasteiger partial charge in [0.2, 0.25) is 0 Å². The maximum absolute atomic E-state index is 10.4. The molecular formula is C8H14O. The Kier molecular flexibility index (Phi) is 4.02. The van der Waals surface area contributed by atoms with Gasteiger partial charge in [-0.2, -0.15) is 0 Å². The maximum atomic E-state index is 10.4. The molecule has 0 aromatic rings. The first-order chi connectivity index (χ1) is 4.16. The van der Waals surface area contributed by atoms with Crippen molar-refractivity contribution in [1.82, 2.24) is 0 Å². The SMILES string of the molecule is C=C(CC)CCC(C)=O. The highest BCUT2D eigenvalue weighted by Gasteiger charge is 1.93. The van der Waals surface area contributed by atoms with Crippen molar-refractivity contribution in [3.63, 3.8) is 0 Å². The first kappa shape index (κ1) is 8.41. The van der Waals surface area contributed by atoms with E-state index in [1.54, 1.807) is 6.92 Å². The Morgan fingerprint density at radius 2 is 2.00 bits per heavy atom. The van der Waals surface area contributed by atoms with Crippen molar-refractivity contribution in [3.05, 3.63) is 12.2 Å². The lowest BCUT2D eigenvalue weighted by atomic mass is 10.1. The average Bonchev–Trinajstić information content (AvgIpc) is 1.83. The van der Waals surface area contributed by atoms with Crippen LogP contribution in [0.15, 0.2) is 12.2 Å². The molecule has 0 atom stereocenters. The number of ketones is 1. The third-order valence-electron chi connectivity index (χ3n) is 1.33. The molecule has 0 radical (unpaired) electrons. The molecule has 0 N–H and O–H groups in total. The van der Waals surface area contributed by atoms with Gasteiger partial charge in [-0.05, 0) is 19.8 Å². The summed E-state index contributed by atoms with van der Waals surface area (Å²) in [5.74, 6) is 0.254. The molecule has 0 aromatic carbocycles. The molecule has 0 saturated carbocycles. The standard InChI is InChI=1S/C8H14O/c1-4-7(2)5-6-8(3)9/h2,4-6H2,1,3H3. The molecule has 0 heterocycles. The summed E-state index contributed by atoms with van der Waals surface area (Å²) in [7, 11) is 0. The number of allylic oxidation sites excluding steroid dienone is 1. The summed E-state index contributed by atoms with van der Waals surface area (Å²) in [6.07, 6.45) is 2.52. The lowest BCUT2D eigenvalue weighted by Crippen LogP contribution is -1.89. The third-order valence-corrected chi connectivity index (χ3v) is 1.33. The minimum atomic E-state index is 0.254. The lowest BCUT2D eigenvalue weighted by Gasteiger charge is -1.96. The highest BCUT2D eigenvalue weighted by Crippen LogP contribution is 2.05. The van der Waals surface area contributed by atoms with Gasteiger partial charge >= 0.3 is 0 Å². The van der Waals surface area contributed by atoms with Crippen molar-refractivity contribution < 1.29 is 4.79 Å². The minimum Gasteiger partial charge on any atom is -0.300 e. The highest BCUT2D eigenvalue weighted by molar-refractivity contribution is 5.75. The third kappa shape index (κ3) is 5.28. The summed E-state index contributed by atoms with van der Waals surface area (Å²) in [6.45, 7) is 7.46. The Hall–Kier alpha value is -0.590. The molecule has 0 spiro atoms. The van der Waals surface area contributed by atoms with E-state index in [0.717, 1.165) is 12.8 Å².